The summed E-state index contributed by atoms with van der Waals surface area (Å²) in [6.45, 7) is 1.62. The highest BCUT2D eigenvalue weighted by molar-refractivity contribution is 8.26. The first-order chi connectivity index (χ1) is 11.0. The Hall–Kier alpha value is -2.67. The number of rotatable bonds is 2. The van der Waals surface area contributed by atoms with Gasteiger partial charge in [-0.1, -0.05) is 6.07 Å². The number of nitrogens with two attached hydrogens (primary N) is 1. The van der Waals surface area contributed by atoms with Gasteiger partial charge in [-0.05, 0) is 43.0 Å². The molecule has 0 amide bonds. The number of hydrogen-bond donors (Lipinski definition) is 4. The summed E-state index contributed by atoms with van der Waals surface area (Å²) in [4.78, 5) is 7.43. The van der Waals surface area contributed by atoms with Gasteiger partial charge < -0.3 is 10.7 Å². The van der Waals surface area contributed by atoms with Crippen molar-refractivity contribution in [2.45, 2.75) is 6.92 Å². The Balaban J connectivity index is 2.09. The molecule has 0 aliphatic carbocycles. The number of halogens is 1. The molecule has 0 atom stereocenters. The van der Waals surface area contributed by atoms with Crippen molar-refractivity contribution in [1.29, 1.82) is 10.8 Å². The fourth-order valence-electron chi connectivity index (χ4n) is 2.34. The predicted molar refractivity (Wildman–Crippen MR) is 92.6 cm³/mol. The van der Waals surface area contributed by atoms with E-state index in [-0.39, 0.29) is 16.0 Å². The van der Waals surface area contributed by atoms with Gasteiger partial charge in [0.2, 0.25) is 0 Å². The summed E-state index contributed by atoms with van der Waals surface area (Å²) >= 11 is 0.894. The highest BCUT2D eigenvalue weighted by Crippen LogP contribution is 2.29. The van der Waals surface area contributed by atoms with Gasteiger partial charge in [0, 0.05) is 28.2 Å². The molecule has 0 aliphatic rings. The average Bonchev–Trinajstić information content (AvgIpc) is 2.92. The first-order valence-corrected chi connectivity index (χ1v) is 7.63. The van der Waals surface area contributed by atoms with Crippen molar-refractivity contribution in [1.82, 2.24) is 9.97 Å². The SMILES string of the molecule is Cc1nc(-c2c[nH]c3ccc(C(=N)SC(=N)N)cc23)ccc1F. The Bertz CT molecular complexity index is 931. The van der Waals surface area contributed by atoms with Crippen LogP contribution in [-0.4, -0.2) is 20.2 Å². The van der Waals surface area contributed by atoms with Crippen molar-refractivity contribution >= 4 is 32.9 Å². The van der Waals surface area contributed by atoms with Crippen LogP contribution in [0.5, 0.6) is 0 Å². The second-order valence-corrected chi connectivity index (χ2v) is 6.07. The van der Waals surface area contributed by atoms with Crippen molar-refractivity contribution in [2.75, 3.05) is 0 Å². The fraction of sp³-hybridized carbons (Fsp3) is 0.0625. The summed E-state index contributed by atoms with van der Waals surface area (Å²) in [5, 5.41) is 16.2. The van der Waals surface area contributed by atoms with E-state index in [9.17, 15) is 4.39 Å². The van der Waals surface area contributed by atoms with Crippen molar-refractivity contribution in [3.05, 3.63) is 53.6 Å². The number of nitrogens with one attached hydrogen (secondary N) is 3. The second kappa shape index (κ2) is 5.85. The minimum atomic E-state index is -0.339. The van der Waals surface area contributed by atoms with E-state index in [0.29, 0.717) is 17.0 Å². The number of fused-ring (bicyclic) bond motifs is 1. The smallest absolute Gasteiger partial charge is 0.157 e. The van der Waals surface area contributed by atoms with E-state index in [1.165, 1.54) is 6.07 Å². The summed E-state index contributed by atoms with van der Waals surface area (Å²) < 4.78 is 13.4. The van der Waals surface area contributed by atoms with Gasteiger partial charge in [0.15, 0.2) is 5.17 Å². The number of nitrogens with zero attached hydrogens (tertiary/aromatic N) is 1. The van der Waals surface area contributed by atoms with Gasteiger partial charge in [-0.3, -0.25) is 10.8 Å². The van der Waals surface area contributed by atoms with Crippen molar-refractivity contribution in [2.24, 2.45) is 5.73 Å². The lowest BCUT2D eigenvalue weighted by atomic mass is 10.1. The Morgan fingerprint density at radius 1 is 1.26 bits per heavy atom. The number of amidine groups is 1. The van der Waals surface area contributed by atoms with E-state index >= 15 is 0 Å². The van der Waals surface area contributed by atoms with E-state index in [4.69, 9.17) is 16.6 Å². The van der Waals surface area contributed by atoms with Gasteiger partial charge in [-0.25, -0.2) is 9.37 Å². The molecule has 0 spiro atoms. The van der Waals surface area contributed by atoms with Crippen LogP contribution in [0.15, 0.2) is 36.5 Å². The van der Waals surface area contributed by atoms with Crippen LogP contribution in [0.2, 0.25) is 0 Å². The molecule has 2 heterocycles. The van der Waals surface area contributed by atoms with Crippen LogP contribution < -0.4 is 5.73 Å². The van der Waals surface area contributed by atoms with E-state index in [2.05, 4.69) is 9.97 Å². The van der Waals surface area contributed by atoms with Crippen molar-refractivity contribution in [3.8, 4) is 11.3 Å². The Labute approximate surface area is 136 Å². The summed E-state index contributed by atoms with van der Waals surface area (Å²) in [7, 11) is 0. The maximum atomic E-state index is 13.4. The number of benzene rings is 1. The number of pyridine rings is 1. The van der Waals surface area contributed by atoms with Crippen LogP contribution in [0.25, 0.3) is 22.2 Å². The number of aromatic amines is 1. The van der Waals surface area contributed by atoms with Crippen LogP contribution in [-0.2, 0) is 0 Å². The second-order valence-electron chi connectivity index (χ2n) is 5.02. The van der Waals surface area contributed by atoms with E-state index in [1.807, 2.05) is 18.3 Å². The molecule has 5 nitrogen and oxygen atoms in total. The molecule has 2 aromatic heterocycles. The van der Waals surface area contributed by atoms with E-state index in [1.54, 1.807) is 19.1 Å². The van der Waals surface area contributed by atoms with Gasteiger partial charge >= 0.3 is 0 Å². The molecule has 0 bridgehead atoms. The molecule has 7 heteroatoms. The molecule has 0 aliphatic heterocycles. The average molecular weight is 327 g/mol. The highest BCUT2D eigenvalue weighted by Gasteiger charge is 2.12. The van der Waals surface area contributed by atoms with Gasteiger partial charge in [0.1, 0.15) is 10.9 Å². The molecule has 5 N–H and O–H groups in total. The van der Waals surface area contributed by atoms with Gasteiger partial charge in [0.25, 0.3) is 0 Å². The molecular formula is C16H14FN5S. The zero-order chi connectivity index (χ0) is 16.6. The summed E-state index contributed by atoms with van der Waals surface area (Å²) in [5.74, 6) is -0.339. The largest absolute Gasteiger partial charge is 0.378 e. The third-order valence-corrected chi connectivity index (χ3v) is 4.11. The number of H-pyrrole nitrogens is 1. The molecular weight excluding hydrogens is 313 g/mol. The van der Waals surface area contributed by atoms with Crippen LogP contribution in [0.4, 0.5) is 4.39 Å². The minimum absolute atomic E-state index is 0.125. The lowest BCUT2D eigenvalue weighted by Gasteiger charge is -2.05. The lowest BCUT2D eigenvalue weighted by molar-refractivity contribution is 0.610. The molecule has 1 aromatic carbocycles. The number of aromatic nitrogens is 2. The van der Waals surface area contributed by atoms with E-state index in [0.717, 1.165) is 28.2 Å². The molecule has 0 saturated carbocycles. The van der Waals surface area contributed by atoms with E-state index < -0.39 is 0 Å². The first-order valence-electron chi connectivity index (χ1n) is 6.81. The summed E-state index contributed by atoms with van der Waals surface area (Å²) in [5.41, 5.74) is 8.73. The summed E-state index contributed by atoms with van der Waals surface area (Å²) in [6.07, 6.45) is 1.82. The summed E-state index contributed by atoms with van der Waals surface area (Å²) in [6, 6.07) is 8.53. The van der Waals surface area contributed by atoms with Crippen LogP contribution >= 0.6 is 11.8 Å². The monoisotopic (exact) mass is 327 g/mol. The lowest BCUT2D eigenvalue weighted by Crippen LogP contribution is -2.08. The normalized spacial score (nSPS) is 10.9. The van der Waals surface area contributed by atoms with Crippen molar-refractivity contribution in [3.63, 3.8) is 0 Å². The van der Waals surface area contributed by atoms with Gasteiger partial charge in [-0.2, -0.15) is 0 Å². The third-order valence-electron chi connectivity index (χ3n) is 3.45. The van der Waals surface area contributed by atoms with Crippen LogP contribution in [0, 0.1) is 23.6 Å². The zero-order valence-corrected chi connectivity index (χ0v) is 13.1. The molecule has 0 radical (unpaired) electrons. The number of hydrogen-bond acceptors (Lipinski definition) is 4. The third kappa shape index (κ3) is 2.95. The van der Waals surface area contributed by atoms with Gasteiger partial charge in [0.05, 0.1) is 11.4 Å². The highest BCUT2D eigenvalue weighted by atomic mass is 32.2. The quantitative estimate of drug-likeness (QED) is 0.427. The van der Waals surface area contributed by atoms with Crippen molar-refractivity contribution < 1.29 is 4.39 Å². The Morgan fingerprint density at radius 2 is 2.04 bits per heavy atom. The topological polar surface area (TPSA) is 102 Å². The minimum Gasteiger partial charge on any atom is -0.378 e. The number of aryl methyl sites for hydroxylation is 1. The molecule has 0 fully saturated rings. The van der Waals surface area contributed by atoms with Crippen LogP contribution in [0.3, 0.4) is 0 Å². The predicted octanol–water partition coefficient (Wildman–Crippen LogP) is 3.63. The standard InChI is InChI=1S/C16H14FN5S/c1-8-12(17)3-5-14(22-8)11-7-21-13-4-2-9(6-10(11)13)15(18)23-16(19)20/h2-7,18,21H,1H3,(H3,19,20). The molecule has 0 saturated heterocycles. The maximum Gasteiger partial charge on any atom is 0.157 e. The number of thioether (sulfide) groups is 1. The molecule has 23 heavy (non-hydrogen) atoms. The Kier molecular flexibility index (Phi) is 3.87. The zero-order valence-electron chi connectivity index (χ0n) is 12.3. The molecule has 3 aromatic rings. The molecule has 0 unspecified atom stereocenters. The molecule has 116 valence electrons. The Morgan fingerprint density at radius 3 is 2.74 bits per heavy atom. The van der Waals surface area contributed by atoms with Gasteiger partial charge in [-0.15, -0.1) is 0 Å². The maximum absolute atomic E-state index is 13.4. The van der Waals surface area contributed by atoms with Crippen LogP contribution in [0.1, 0.15) is 11.3 Å². The fourth-order valence-corrected chi connectivity index (χ4v) is 2.80. The first kappa shape index (κ1) is 15.2. The molecule has 3 rings (SSSR count).